The second kappa shape index (κ2) is 10.8. The van der Waals surface area contributed by atoms with Gasteiger partial charge in [0.15, 0.2) is 0 Å². The normalized spacial score (nSPS) is 13.6. The number of carbonyl (C=O) groups excluding carboxylic acids is 1. The van der Waals surface area contributed by atoms with Crippen molar-refractivity contribution >= 4 is 24.1 Å². The minimum atomic E-state index is 0. The maximum Gasteiger partial charge on any atom is 0.253 e. The number of carbonyl (C=O) groups is 1. The van der Waals surface area contributed by atoms with Gasteiger partial charge in [0.2, 0.25) is 0 Å². The van der Waals surface area contributed by atoms with Crippen LogP contribution in [0, 0.1) is 11.8 Å². The SMILES string of the molecule is Cl.NCc1cccc(C2CCN(C(=O)c3cccc(C#Cc4ccc(N)nc4)c3)CC2)c1. The molecular weight excluding hydrogens is 420 g/mol. The second-order valence-electron chi connectivity index (χ2n) is 7.82. The molecule has 6 heteroatoms. The number of piperidine rings is 1. The van der Waals surface area contributed by atoms with Crippen molar-refractivity contribution in [3.63, 3.8) is 0 Å². The predicted molar refractivity (Wildman–Crippen MR) is 131 cm³/mol. The van der Waals surface area contributed by atoms with Gasteiger partial charge in [-0.3, -0.25) is 4.79 Å². The molecule has 0 atom stereocenters. The van der Waals surface area contributed by atoms with Gasteiger partial charge < -0.3 is 16.4 Å². The second-order valence-corrected chi connectivity index (χ2v) is 7.82. The molecule has 1 fully saturated rings. The van der Waals surface area contributed by atoms with Gasteiger partial charge in [0.05, 0.1) is 0 Å². The van der Waals surface area contributed by atoms with Crippen LogP contribution < -0.4 is 11.5 Å². The van der Waals surface area contributed by atoms with E-state index in [0.29, 0.717) is 23.8 Å². The van der Waals surface area contributed by atoms with Crippen LogP contribution in [0.1, 0.15) is 51.4 Å². The van der Waals surface area contributed by atoms with E-state index in [1.54, 1.807) is 12.3 Å². The number of nitrogens with two attached hydrogens (primary N) is 2. The molecule has 0 unspecified atom stereocenters. The first-order chi connectivity index (χ1) is 15.1. The molecule has 0 saturated carbocycles. The Labute approximate surface area is 195 Å². The van der Waals surface area contributed by atoms with Crippen LogP contribution in [-0.4, -0.2) is 28.9 Å². The molecule has 1 aliphatic rings. The average Bonchev–Trinajstić information content (AvgIpc) is 2.83. The number of amides is 1. The van der Waals surface area contributed by atoms with E-state index in [2.05, 4.69) is 41.1 Å². The zero-order valence-corrected chi connectivity index (χ0v) is 18.6. The van der Waals surface area contributed by atoms with Crippen molar-refractivity contribution in [1.82, 2.24) is 9.88 Å². The number of nitrogens with zero attached hydrogens (tertiary/aromatic N) is 2. The fraction of sp³-hybridized carbons (Fsp3) is 0.231. The van der Waals surface area contributed by atoms with Gasteiger partial charge >= 0.3 is 0 Å². The van der Waals surface area contributed by atoms with Crippen LogP contribution in [0.5, 0.6) is 0 Å². The predicted octanol–water partition coefficient (Wildman–Crippen LogP) is 3.96. The Morgan fingerprint density at radius 3 is 2.47 bits per heavy atom. The third-order valence-corrected chi connectivity index (χ3v) is 5.69. The summed E-state index contributed by atoms with van der Waals surface area (Å²) in [5.74, 6) is 7.17. The topological polar surface area (TPSA) is 85.2 Å². The molecule has 0 radical (unpaired) electrons. The van der Waals surface area contributed by atoms with Crippen LogP contribution in [0.2, 0.25) is 0 Å². The molecule has 1 amide bonds. The number of hydrogen-bond donors (Lipinski definition) is 2. The van der Waals surface area contributed by atoms with E-state index in [4.69, 9.17) is 11.5 Å². The van der Waals surface area contributed by atoms with Gasteiger partial charge in [0.1, 0.15) is 5.82 Å². The van der Waals surface area contributed by atoms with Crippen molar-refractivity contribution in [2.24, 2.45) is 5.73 Å². The molecule has 32 heavy (non-hydrogen) atoms. The number of halogens is 1. The molecule has 164 valence electrons. The van der Waals surface area contributed by atoms with Crippen molar-refractivity contribution < 1.29 is 4.79 Å². The highest BCUT2D eigenvalue weighted by molar-refractivity contribution is 5.94. The Balaban J connectivity index is 0.00000289. The van der Waals surface area contributed by atoms with Crippen LogP contribution in [0.4, 0.5) is 5.82 Å². The first-order valence-corrected chi connectivity index (χ1v) is 10.5. The summed E-state index contributed by atoms with van der Waals surface area (Å²) < 4.78 is 0. The van der Waals surface area contributed by atoms with Crippen molar-refractivity contribution in [2.45, 2.75) is 25.3 Å². The van der Waals surface area contributed by atoms with Gasteiger partial charge in [0, 0.05) is 42.5 Å². The minimum absolute atomic E-state index is 0. The molecule has 3 aromatic rings. The largest absolute Gasteiger partial charge is 0.384 e. The lowest BCUT2D eigenvalue weighted by molar-refractivity contribution is 0.0713. The highest BCUT2D eigenvalue weighted by Gasteiger charge is 2.24. The average molecular weight is 447 g/mol. The van der Waals surface area contributed by atoms with Gasteiger partial charge in [0.25, 0.3) is 5.91 Å². The summed E-state index contributed by atoms with van der Waals surface area (Å²) in [6.07, 6.45) is 3.57. The molecule has 0 aliphatic carbocycles. The van der Waals surface area contributed by atoms with Crippen LogP contribution in [0.3, 0.4) is 0 Å². The minimum Gasteiger partial charge on any atom is -0.384 e. The lowest BCUT2D eigenvalue weighted by atomic mass is 9.88. The Kier molecular flexibility index (Phi) is 7.88. The number of likely N-dealkylation sites (tertiary alicyclic amines) is 1. The third-order valence-electron chi connectivity index (χ3n) is 5.69. The lowest BCUT2D eigenvalue weighted by Gasteiger charge is -2.32. The first kappa shape index (κ1) is 23.3. The number of aromatic nitrogens is 1. The van der Waals surface area contributed by atoms with Crippen LogP contribution in [-0.2, 0) is 6.54 Å². The standard InChI is InChI=1S/C26H26N4O.ClH/c27-17-21-4-2-5-23(16-21)22-11-13-30(14-12-22)26(31)24-6-1-3-19(15-24)7-8-20-9-10-25(28)29-18-20;/h1-6,9-10,15-16,18,22H,11-14,17,27H2,(H2,28,29);1H. The number of rotatable bonds is 3. The summed E-state index contributed by atoms with van der Waals surface area (Å²) >= 11 is 0. The molecule has 1 aliphatic heterocycles. The van der Waals surface area contributed by atoms with Crippen LogP contribution >= 0.6 is 12.4 Å². The smallest absolute Gasteiger partial charge is 0.253 e. The lowest BCUT2D eigenvalue weighted by Crippen LogP contribution is -2.37. The number of benzene rings is 2. The van der Waals surface area contributed by atoms with E-state index in [1.165, 1.54) is 5.56 Å². The highest BCUT2D eigenvalue weighted by atomic mass is 35.5. The molecule has 0 spiro atoms. The molecular formula is C26H27ClN4O. The highest BCUT2D eigenvalue weighted by Crippen LogP contribution is 2.29. The Bertz CT molecular complexity index is 1130. The van der Waals surface area contributed by atoms with Crippen LogP contribution in [0.25, 0.3) is 0 Å². The van der Waals surface area contributed by atoms with Gasteiger partial charge in [-0.15, -0.1) is 12.4 Å². The van der Waals surface area contributed by atoms with Crippen molar-refractivity contribution in [3.05, 3.63) is 94.7 Å². The van der Waals surface area contributed by atoms with E-state index in [9.17, 15) is 4.79 Å². The summed E-state index contributed by atoms with van der Waals surface area (Å²) in [7, 11) is 0. The van der Waals surface area contributed by atoms with Gasteiger partial charge in [-0.05, 0) is 60.2 Å². The summed E-state index contributed by atoms with van der Waals surface area (Å²) in [5.41, 5.74) is 16.1. The van der Waals surface area contributed by atoms with Gasteiger partial charge in [-0.2, -0.15) is 0 Å². The Morgan fingerprint density at radius 2 is 1.75 bits per heavy atom. The molecule has 1 aromatic heterocycles. The zero-order valence-electron chi connectivity index (χ0n) is 17.8. The fourth-order valence-corrected chi connectivity index (χ4v) is 3.93. The van der Waals surface area contributed by atoms with E-state index in [1.807, 2.05) is 35.2 Å². The van der Waals surface area contributed by atoms with Gasteiger partial charge in [-0.25, -0.2) is 4.98 Å². The molecule has 0 bridgehead atoms. The van der Waals surface area contributed by atoms with E-state index in [0.717, 1.165) is 42.6 Å². The summed E-state index contributed by atoms with van der Waals surface area (Å²) in [4.78, 5) is 19.0. The molecule has 5 nitrogen and oxygen atoms in total. The maximum atomic E-state index is 13.0. The number of hydrogen-bond acceptors (Lipinski definition) is 4. The van der Waals surface area contributed by atoms with Crippen molar-refractivity contribution in [2.75, 3.05) is 18.8 Å². The summed E-state index contributed by atoms with van der Waals surface area (Å²) in [6.45, 7) is 2.06. The fourth-order valence-electron chi connectivity index (χ4n) is 3.93. The molecule has 4 rings (SSSR count). The maximum absolute atomic E-state index is 13.0. The summed E-state index contributed by atoms with van der Waals surface area (Å²) in [5, 5.41) is 0. The zero-order chi connectivity index (χ0) is 21.6. The molecule has 2 heterocycles. The molecule has 4 N–H and O–H groups in total. The summed E-state index contributed by atoms with van der Waals surface area (Å²) in [6, 6.07) is 19.5. The number of anilines is 1. The Hall–Kier alpha value is -3.33. The molecule has 1 saturated heterocycles. The van der Waals surface area contributed by atoms with Crippen LogP contribution in [0.15, 0.2) is 66.9 Å². The monoisotopic (exact) mass is 446 g/mol. The first-order valence-electron chi connectivity index (χ1n) is 10.5. The van der Waals surface area contributed by atoms with Gasteiger partial charge in [-0.1, -0.05) is 42.2 Å². The van der Waals surface area contributed by atoms with E-state index >= 15 is 0 Å². The quantitative estimate of drug-likeness (QED) is 0.596. The van der Waals surface area contributed by atoms with Crippen molar-refractivity contribution in [1.29, 1.82) is 0 Å². The number of nitrogen functional groups attached to an aromatic ring is 1. The Morgan fingerprint density at radius 1 is 1.00 bits per heavy atom. The van der Waals surface area contributed by atoms with E-state index < -0.39 is 0 Å². The third kappa shape index (κ3) is 5.67. The molecule has 2 aromatic carbocycles. The number of pyridine rings is 1. The van der Waals surface area contributed by atoms with Crippen molar-refractivity contribution in [3.8, 4) is 11.8 Å². The van der Waals surface area contributed by atoms with E-state index in [-0.39, 0.29) is 18.3 Å².